The Hall–Kier alpha value is -3.56. The minimum absolute atomic E-state index is 0.0251. The maximum absolute atomic E-state index is 12.5. The molecule has 6 N–H and O–H groups in total. The molecule has 10 heteroatoms. The summed E-state index contributed by atoms with van der Waals surface area (Å²) in [7, 11) is 3.13. The molecule has 1 aromatic carbocycles. The average Bonchev–Trinajstić information content (AvgIpc) is 3.02. The number of nitrogens with zero attached hydrogens (tertiary/aromatic N) is 4. The molecule has 1 aromatic heterocycles. The molecule has 2 aromatic rings. The van der Waals surface area contributed by atoms with Gasteiger partial charge in [0.15, 0.2) is 23.3 Å². The van der Waals surface area contributed by atoms with Gasteiger partial charge in [-0.2, -0.15) is 4.99 Å². The first kappa shape index (κ1) is 21.2. The summed E-state index contributed by atoms with van der Waals surface area (Å²) >= 11 is 0. The normalized spacial score (nSPS) is 14.0. The van der Waals surface area contributed by atoms with Crippen molar-refractivity contribution in [2.24, 2.45) is 16.5 Å². The summed E-state index contributed by atoms with van der Waals surface area (Å²) < 4.78 is 10.8. The molecule has 0 spiro atoms. The van der Waals surface area contributed by atoms with E-state index >= 15 is 0 Å². The Kier molecular flexibility index (Phi) is 6.55. The van der Waals surface area contributed by atoms with Crippen molar-refractivity contribution in [1.29, 1.82) is 0 Å². The average molecular weight is 413 g/mol. The predicted octanol–water partition coefficient (Wildman–Crippen LogP) is 1.54. The van der Waals surface area contributed by atoms with Crippen molar-refractivity contribution in [3.8, 4) is 22.8 Å². The van der Waals surface area contributed by atoms with Crippen LogP contribution in [0.5, 0.6) is 11.5 Å². The molecule has 0 aliphatic carbocycles. The molecule has 1 saturated heterocycles. The fourth-order valence-corrected chi connectivity index (χ4v) is 3.41. The Morgan fingerprint density at radius 1 is 1.00 bits per heavy atom. The van der Waals surface area contributed by atoms with E-state index in [0.29, 0.717) is 28.6 Å². The molecule has 3 rings (SSSR count). The van der Waals surface area contributed by atoms with E-state index in [1.54, 1.807) is 32.4 Å². The molecule has 0 saturated carbocycles. The largest absolute Gasteiger partial charge is 0.497 e. The van der Waals surface area contributed by atoms with Crippen molar-refractivity contribution in [2.75, 3.05) is 37.9 Å². The Labute approximate surface area is 175 Å². The number of hydrogen-bond acceptors (Lipinski definition) is 7. The minimum Gasteiger partial charge on any atom is -0.497 e. The topological polar surface area (TPSA) is 155 Å². The molecule has 2 heterocycles. The molecule has 0 bridgehead atoms. The van der Waals surface area contributed by atoms with Crippen molar-refractivity contribution in [1.82, 2.24) is 9.97 Å². The van der Waals surface area contributed by atoms with E-state index in [-0.39, 0.29) is 17.5 Å². The Bertz CT molecular complexity index is 927. The third-order valence-electron chi connectivity index (χ3n) is 4.87. The Balaban J connectivity index is 2.21. The molecule has 1 aliphatic heterocycles. The van der Waals surface area contributed by atoms with Gasteiger partial charge in [-0.1, -0.05) is 12.8 Å². The van der Waals surface area contributed by atoms with Gasteiger partial charge in [0.1, 0.15) is 17.2 Å². The zero-order valence-electron chi connectivity index (χ0n) is 17.2. The van der Waals surface area contributed by atoms with Gasteiger partial charge in [0, 0.05) is 24.7 Å². The maximum Gasteiger partial charge on any atom is 0.302 e. The highest BCUT2D eigenvalue weighted by Crippen LogP contribution is 2.35. The summed E-state index contributed by atoms with van der Waals surface area (Å²) in [6, 6.07) is 5.36. The summed E-state index contributed by atoms with van der Waals surface area (Å²) in [4.78, 5) is 27.2. The third kappa shape index (κ3) is 4.70. The zero-order valence-corrected chi connectivity index (χ0v) is 17.2. The lowest BCUT2D eigenvalue weighted by atomic mass is 10.1. The molecule has 0 atom stereocenters. The number of guanidine groups is 1. The number of aliphatic imine (C=N–C) groups is 1. The predicted molar refractivity (Wildman–Crippen MR) is 116 cm³/mol. The van der Waals surface area contributed by atoms with Gasteiger partial charge in [0.05, 0.1) is 14.2 Å². The lowest BCUT2D eigenvalue weighted by Gasteiger charge is -2.24. The summed E-state index contributed by atoms with van der Waals surface area (Å²) in [5.74, 6) is 0.624. The van der Waals surface area contributed by atoms with Gasteiger partial charge in [-0.05, 0) is 25.0 Å². The van der Waals surface area contributed by atoms with E-state index in [1.807, 2.05) is 0 Å². The molecule has 1 amide bonds. The van der Waals surface area contributed by atoms with Crippen LogP contribution < -0.4 is 31.6 Å². The van der Waals surface area contributed by atoms with Gasteiger partial charge in [-0.25, -0.2) is 9.97 Å². The van der Waals surface area contributed by atoms with Crippen molar-refractivity contribution in [3.63, 3.8) is 0 Å². The number of rotatable bonds is 5. The van der Waals surface area contributed by atoms with Crippen molar-refractivity contribution < 1.29 is 14.3 Å². The van der Waals surface area contributed by atoms with E-state index in [9.17, 15) is 4.79 Å². The quantitative estimate of drug-likeness (QED) is 0.489. The number of carbonyl (C=O) groups is 1. The van der Waals surface area contributed by atoms with Gasteiger partial charge in [-0.15, -0.1) is 0 Å². The van der Waals surface area contributed by atoms with Gasteiger partial charge in [0.2, 0.25) is 0 Å². The highest BCUT2D eigenvalue weighted by atomic mass is 16.5. The lowest BCUT2D eigenvalue weighted by molar-refractivity contribution is 0.0998. The highest BCUT2D eigenvalue weighted by molar-refractivity contribution is 6.04. The number of carbonyl (C=O) groups excluding carboxylic acids is 1. The van der Waals surface area contributed by atoms with Gasteiger partial charge >= 0.3 is 5.91 Å². The summed E-state index contributed by atoms with van der Waals surface area (Å²) in [5.41, 5.74) is 17.8. The van der Waals surface area contributed by atoms with Crippen LogP contribution in [0.1, 0.15) is 36.2 Å². The van der Waals surface area contributed by atoms with Crippen LogP contribution in [0.3, 0.4) is 0 Å². The lowest BCUT2D eigenvalue weighted by Crippen LogP contribution is -2.27. The first-order valence-corrected chi connectivity index (χ1v) is 9.72. The number of anilines is 2. The number of methoxy groups -OCH3 is 2. The van der Waals surface area contributed by atoms with Crippen LogP contribution in [0.4, 0.5) is 11.6 Å². The summed E-state index contributed by atoms with van der Waals surface area (Å²) in [6.07, 6.45) is 4.39. The standard InChI is InChI=1S/C20H27N7O3/c1-29-13-9-12(10-14(11-13)30-2)15-18(27-7-5-3-4-6-8-27)25-17(21)16(24-15)19(28)26-20(22)23/h9-11H,3-8H2,1-2H3,(H2,21,25)(H4,22,23,26,28). The van der Waals surface area contributed by atoms with Crippen LogP contribution >= 0.6 is 0 Å². The van der Waals surface area contributed by atoms with E-state index in [0.717, 1.165) is 38.8 Å². The van der Waals surface area contributed by atoms with Crippen LogP contribution in [0, 0.1) is 0 Å². The van der Waals surface area contributed by atoms with Crippen LogP contribution in [0.25, 0.3) is 11.3 Å². The van der Waals surface area contributed by atoms with Gasteiger partial charge < -0.3 is 31.6 Å². The number of benzene rings is 1. The molecule has 0 unspecified atom stereocenters. The number of nitrogens with two attached hydrogens (primary N) is 3. The monoisotopic (exact) mass is 413 g/mol. The van der Waals surface area contributed by atoms with Gasteiger partial charge in [-0.3, -0.25) is 4.79 Å². The van der Waals surface area contributed by atoms with Crippen LogP contribution in [-0.2, 0) is 0 Å². The number of hydrogen-bond donors (Lipinski definition) is 3. The molecule has 0 radical (unpaired) electrons. The number of ether oxygens (including phenoxy) is 2. The highest BCUT2D eigenvalue weighted by Gasteiger charge is 2.23. The van der Waals surface area contributed by atoms with E-state index in [1.165, 1.54) is 0 Å². The molecule has 1 fully saturated rings. The fourth-order valence-electron chi connectivity index (χ4n) is 3.41. The molecule has 30 heavy (non-hydrogen) atoms. The smallest absolute Gasteiger partial charge is 0.302 e. The van der Waals surface area contributed by atoms with E-state index in [4.69, 9.17) is 26.7 Å². The molecular formula is C20H27N7O3. The zero-order chi connectivity index (χ0) is 21.7. The molecule has 1 aliphatic rings. The number of aromatic nitrogens is 2. The van der Waals surface area contributed by atoms with Crippen molar-refractivity contribution in [2.45, 2.75) is 25.7 Å². The second-order valence-electron chi connectivity index (χ2n) is 6.97. The summed E-state index contributed by atoms with van der Waals surface area (Å²) in [5, 5.41) is 0. The number of nitrogen functional groups attached to an aromatic ring is 1. The SMILES string of the molecule is COc1cc(OC)cc(-c2nc(C(=O)N=C(N)N)c(N)nc2N2CCCCCC2)c1. The van der Waals surface area contributed by atoms with Crippen LogP contribution in [-0.4, -0.2) is 49.1 Å². The van der Waals surface area contributed by atoms with Crippen molar-refractivity contribution >= 4 is 23.5 Å². The third-order valence-corrected chi connectivity index (χ3v) is 4.87. The first-order chi connectivity index (χ1) is 14.4. The second-order valence-corrected chi connectivity index (χ2v) is 6.97. The van der Waals surface area contributed by atoms with E-state index < -0.39 is 5.91 Å². The van der Waals surface area contributed by atoms with Crippen molar-refractivity contribution in [3.05, 3.63) is 23.9 Å². The molecule has 10 nitrogen and oxygen atoms in total. The number of amides is 1. The first-order valence-electron chi connectivity index (χ1n) is 9.72. The summed E-state index contributed by atoms with van der Waals surface area (Å²) in [6.45, 7) is 1.65. The van der Waals surface area contributed by atoms with Gasteiger partial charge in [0.25, 0.3) is 0 Å². The Morgan fingerprint density at radius 3 is 2.13 bits per heavy atom. The van der Waals surface area contributed by atoms with Crippen LogP contribution in [0.15, 0.2) is 23.2 Å². The minimum atomic E-state index is -0.751. The fraction of sp³-hybridized carbons (Fsp3) is 0.400. The molecular weight excluding hydrogens is 386 g/mol. The van der Waals surface area contributed by atoms with Crippen LogP contribution in [0.2, 0.25) is 0 Å². The second kappa shape index (κ2) is 9.29. The molecule has 160 valence electrons. The maximum atomic E-state index is 12.5. The van der Waals surface area contributed by atoms with E-state index in [2.05, 4.69) is 19.9 Å². The Morgan fingerprint density at radius 2 is 1.60 bits per heavy atom.